The Balaban J connectivity index is 4.04. The molecule has 0 aliphatic rings. The van der Waals surface area contributed by atoms with Crippen molar-refractivity contribution in [2.45, 2.75) is 67.2 Å². The van der Waals surface area contributed by atoms with E-state index in [0.717, 1.165) is 0 Å². The Kier molecular flexibility index (Phi) is 4.30. The van der Waals surface area contributed by atoms with Crippen LogP contribution in [0.4, 0.5) is 0 Å². The van der Waals surface area contributed by atoms with E-state index in [1.54, 1.807) is 0 Å². The van der Waals surface area contributed by atoms with Gasteiger partial charge in [-0.15, -0.1) is 0 Å². The maximum Gasteiger partial charge on any atom is -0.0349 e. The number of hydrogen-bond donors (Lipinski definition) is 0. The van der Waals surface area contributed by atoms with Gasteiger partial charge in [0.25, 0.3) is 0 Å². The van der Waals surface area contributed by atoms with E-state index in [2.05, 4.69) is 41.5 Å². The van der Waals surface area contributed by atoms with Gasteiger partial charge < -0.3 is 0 Å². The molecule has 0 saturated carbocycles. The van der Waals surface area contributed by atoms with Crippen LogP contribution in [0.25, 0.3) is 0 Å². The number of rotatable bonds is 5. The summed E-state index contributed by atoms with van der Waals surface area (Å²) in [5, 5.41) is 0. The molecule has 0 heterocycles. The van der Waals surface area contributed by atoms with Gasteiger partial charge in [0.15, 0.2) is 0 Å². The number of hydrogen-bond acceptors (Lipinski definition) is 0. The molecule has 0 unspecified atom stereocenters. The fourth-order valence-corrected chi connectivity index (χ4v) is 2.19. The lowest BCUT2D eigenvalue weighted by molar-refractivity contribution is 0.176. The lowest BCUT2D eigenvalue weighted by Gasteiger charge is -2.34. The molecule has 12 heavy (non-hydrogen) atoms. The summed E-state index contributed by atoms with van der Waals surface area (Å²) in [4.78, 5) is 0. The second kappa shape index (κ2) is 4.30. The van der Waals surface area contributed by atoms with Gasteiger partial charge >= 0.3 is 0 Å². The Bertz CT molecular complexity index is 120. The van der Waals surface area contributed by atoms with E-state index in [1.807, 2.05) is 0 Å². The van der Waals surface area contributed by atoms with Gasteiger partial charge in [0, 0.05) is 0 Å². The molecular formula is C12H26. The molecule has 0 rings (SSSR count). The van der Waals surface area contributed by atoms with Gasteiger partial charge in [-0.05, 0) is 23.7 Å². The SMILES string of the molecule is CCCC(C)(C)CC(C)(C)CC. The van der Waals surface area contributed by atoms with Crippen LogP contribution >= 0.6 is 0 Å². The van der Waals surface area contributed by atoms with E-state index in [9.17, 15) is 0 Å². The molecule has 0 aliphatic heterocycles. The first kappa shape index (κ1) is 12.0. The highest BCUT2D eigenvalue weighted by molar-refractivity contribution is 4.77. The Morgan fingerprint density at radius 1 is 0.833 bits per heavy atom. The van der Waals surface area contributed by atoms with Crippen molar-refractivity contribution >= 4 is 0 Å². The molecule has 0 aromatic rings. The van der Waals surface area contributed by atoms with Crippen LogP contribution in [0.2, 0.25) is 0 Å². The van der Waals surface area contributed by atoms with Crippen molar-refractivity contribution in [1.29, 1.82) is 0 Å². The largest absolute Gasteiger partial charge is 0.0654 e. The summed E-state index contributed by atoms with van der Waals surface area (Å²) < 4.78 is 0. The Labute approximate surface area is 78.8 Å². The van der Waals surface area contributed by atoms with E-state index in [1.165, 1.54) is 25.7 Å². The van der Waals surface area contributed by atoms with E-state index in [-0.39, 0.29) is 0 Å². The zero-order valence-corrected chi connectivity index (χ0v) is 9.83. The molecule has 0 amide bonds. The second-order valence-electron chi connectivity index (χ2n) is 5.61. The molecule has 0 saturated heterocycles. The third kappa shape index (κ3) is 4.79. The summed E-state index contributed by atoms with van der Waals surface area (Å²) in [7, 11) is 0. The van der Waals surface area contributed by atoms with Gasteiger partial charge in [-0.2, -0.15) is 0 Å². The first-order chi connectivity index (χ1) is 5.33. The van der Waals surface area contributed by atoms with Crippen molar-refractivity contribution in [3.63, 3.8) is 0 Å². The lowest BCUT2D eigenvalue weighted by atomic mass is 9.72. The highest BCUT2D eigenvalue weighted by Crippen LogP contribution is 2.38. The zero-order valence-electron chi connectivity index (χ0n) is 9.83. The molecule has 0 aliphatic carbocycles. The van der Waals surface area contributed by atoms with Crippen molar-refractivity contribution < 1.29 is 0 Å². The van der Waals surface area contributed by atoms with E-state index in [0.29, 0.717) is 10.8 Å². The summed E-state index contributed by atoms with van der Waals surface area (Å²) in [6.45, 7) is 14.1. The standard InChI is InChI=1S/C12H26/c1-7-9-12(5,6)10-11(3,4)8-2/h7-10H2,1-6H3. The summed E-state index contributed by atoms with van der Waals surface area (Å²) in [6, 6.07) is 0. The Morgan fingerprint density at radius 2 is 1.33 bits per heavy atom. The van der Waals surface area contributed by atoms with Gasteiger partial charge in [-0.1, -0.05) is 54.4 Å². The molecule has 0 aromatic carbocycles. The van der Waals surface area contributed by atoms with E-state index >= 15 is 0 Å². The first-order valence-electron chi connectivity index (χ1n) is 5.33. The topological polar surface area (TPSA) is 0 Å². The Morgan fingerprint density at radius 3 is 1.67 bits per heavy atom. The second-order valence-corrected chi connectivity index (χ2v) is 5.61. The monoisotopic (exact) mass is 170 g/mol. The minimum Gasteiger partial charge on any atom is -0.0654 e. The molecular weight excluding hydrogens is 144 g/mol. The summed E-state index contributed by atoms with van der Waals surface area (Å²) in [5.74, 6) is 0. The van der Waals surface area contributed by atoms with Crippen LogP contribution in [0.5, 0.6) is 0 Å². The highest BCUT2D eigenvalue weighted by atomic mass is 14.3. The third-order valence-corrected chi connectivity index (χ3v) is 2.84. The summed E-state index contributed by atoms with van der Waals surface area (Å²) in [5.41, 5.74) is 1.06. The predicted octanol–water partition coefficient (Wildman–Crippen LogP) is 4.64. The average Bonchev–Trinajstić information content (AvgIpc) is 1.85. The molecule has 0 aromatic heterocycles. The minimum atomic E-state index is 0.526. The lowest BCUT2D eigenvalue weighted by Crippen LogP contribution is -2.22. The first-order valence-corrected chi connectivity index (χ1v) is 5.33. The molecule has 0 fully saturated rings. The highest BCUT2D eigenvalue weighted by Gasteiger charge is 2.26. The molecule has 0 bridgehead atoms. The summed E-state index contributed by atoms with van der Waals surface area (Å²) >= 11 is 0. The third-order valence-electron chi connectivity index (χ3n) is 2.84. The maximum atomic E-state index is 2.40. The average molecular weight is 170 g/mol. The molecule has 0 heteroatoms. The van der Waals surface area contributed by atoms with Crippen LogP contribution in [-0.2, 0) is 0 Å². The normalized spacial score (nSPS) is 13.5. The Hall–Kier alpha value is 0. The van der Waals surface area contributed by atoms with Gasteiger partial charge in [-0.3, -0.25) is 0 Å². The van der Waals surface area contributed by atoms with Crippen molar-refractivity contribution in [2.75, 3.05) is 0 Å². The van der Waals surface area contributed by atoms with Crippen LogP contribution < -0.4 is 0 Å². The van der Waals surface area contributed by atoms with Gasteiger partial charge in [0.1, 0.15) is 0 Å². The predicted molar refractivity (Wildman–Crippen MR) is 57.4 cm³/mol. The fraction of sp³-hybridized carbons (Fsp3) is 1.00. The maximum absolute atomic E-state index is 2.40. The van der Waals surface area contributed by atoms with Gasteiger partial charge in [0.05, 0.1) is 0 Å². The molecule has 0 spiro atoms. The molecule has 0 atom stereocenters. The molecule has 0 radical (unpaired) electrons. The van der Waals surface area contributed by atoms with E-state index in [4.69, 9.17) is 0 Å². The van der Waals surface area contributed by atoms with Crippen LogP contribution in [0.1, 0.15) is 67.2 Å². The van der Waals surface area contributed by atoms with Crippen LogP contribution in [0, 0.1) is 10.8 Å². The van der Waals surface area contributed by atoms with Crippen LogP contribution in [0.15, 0.2) is 0 Å². The van der Waals surface area contributed by atoms with E-state index < -0.39 is 0 Å². The zero-order chi connectivity index (χ0) is 9.83. The molecule has 0 N–H and O–H groups in total. The van der Waals surface area contributed by atoms with Crippen molar-refractivity contribution in [1.82, 2.24) is 0 Å². The van der Waals surface area contributed by atoms with Crippen LogP contribution in [0.3, 0.4) is 0 Å². The quantitative estimate of drug-likeness (QED) is 0.564. The van der Waals surface area contributed by atoms with Crippen molar-refractivity contribution in [3.8, 4) is 0 Å². The van der Waals surface area contributed by atoms with Gasteiger partial charge in [0.2, 0.25) is 0 Å². The van der Waals surface area contributed by atoms with Crippen molar-refractivity contribution in [2.24, 2.45) is 10.8 Å². The fourth-order valence-electron chi connectivity index (χ4n) is 2.19. The molecule has 74 valence electrons. The molecule has 0 nitrogen and oxygen atoms in total. The van der Waals surface area contributed by atoms with Crippen molar-refractivity contribution in [3.05, 3.63) is 0 Å². The minimum absolute atomic E-state index is 0.526. The van der Waals surface area contributed by atoms with Gasteiger partial charge in [-0.25, -0.2) is 0 Å². The summed E-state index contributed by atoms with van der Waals surface area (Å²) in [6.07, 6.45) is 5.31. The van der Waals surface area contributed by atoms with Crippen LogP contribution in [-0.4, -0.2) is 0 Å². The smallest absolute Gasteiger partial charge is 0.0349 e.